The van der Waals surface area contributed by atoms with Gasteiger partial charge in [-0.3, -0.25) is 24.5 Å². The number of amides is 2. The van der Waals surface area contributed by atoms with Crippen LogP contribution in [0.4, 0.5) is 11.4 Å². The molecule has 4 fully saturated rings. The first-order valence-electron chi connectivity index (χ1n) is 13.9. The summed E-state index contributed by atoms with van der Waals surface area (Å²) in [6, 6.07) is 5.80. The Morgan fingerprint density at radius 1 is 1.13 bits per heavy atom. The summed E-state index contributed by atoms with van der Waals surface area (Å²) in [7, 11) is 0. The number of nitro benzene ring substituents is 1. The van der Waals surface area contributed by atoms with Crippen molar-refractivity contribution in [2.45, 2.75) is 66.2 Å². The van der Waals surface area contributed by atoms with Crippen molar-refractivity contribution in [3.05, 3.63) is 46.0 Å². The highest BCUT2D eigenvalue weighted by Crippen LogP contribution is 2.74. The molecule has 0 aromatic heterocycles. The van der Waals surface area contributed by atoms with E-state index in [1.54, 1.807) is 6.07 Å². The summed E-state index contributed by atoms with van der Waals surface area (Å²) in [6.07, 6.45) is 6.97. The first kappa shape index (κ1) is 25.3. The fraction of sp³-hybridized carbons (Fsp3) is 0.633. The fourth-order valence-corrected chi connectivity index (χ4v) is 9.96. The van der Waals surface area contributed by atoms with Crippen LogP contribution in [0.25, 0.3) is 0 Å². The molecule has 3 saturated carbocycles. The number of hydrogen-bond donors (Lipinski definition) is 1. The summed E-state index contributed by atoms with van der Waals surface area (Å²) in [4.78, 5) is 53.0. The largest absolute Gasteiger partial charge is 0.481 e. The van der Waals surface area contributed by atoms with Gasteiger partial charge in [0.15, 0.2) is 0 Å². The first-order valence-corrected chi connectivity index (χ1v) is 13.9. The maximum absolute atomic E-state index is 14.3. The van der Waals surface area contributed by atoms with E-state index in [-0.39, 0.29) is 52.3 Å². The number of anilines is 1. The molecular formula is C30H36N2O6. The van der Waals surface area contributed by atoms with Crippen LogP contribution in [-0.4, -0.2) is 27.8 Å². The number of carboxylic acid groups (broad SMARTS) is 1. The van der Waals surface area contributed by atoms with Gasteiger partial charge in [0.05, 0.1) is 27.9 Å². The number of aliphatic carboxylic acids is 1. The Morgan fingerprint density at radius 3 is 2.53 bits per heavy atom. The van der Waals surface area contributed by atoms with E-state index in [2.05, 4.69) is 26.8 Å². The van der Waals surface area contributed by atoms with Gasteiger partial charge in [0.25, 0.3) is 5.69 Å². The second-order valence-electron chi connectivity index (χ2n) is 13.3. The van der Waals surface area contributed by atoms with Crippen molar-refractivity contribution in [1.29, 1.82) is 0 Å². The number of imide groups is 1. The number of nitrogens with zero attached hydrogens (tertiary/aromatic N) is 2. The van der Waals surface area contributed by atoms with Gasteiger partial charge in [-0.1, -0.05) is 44.9 Å². The molecule has 2 bridgehead atoms. The van der Waals surface area contributed by atoms with E-state index in [0.29, 0.717) is 19.3 Å². The highest BCUT2D eigenvalue weighted by atomic mass is 16.6. The lowest BCUT2D eigenvalue weighted by atomic mass is 9.34. The number of non-ortho nitro benzene ring substituents is 1. The summed E-state index contributed by atoms with van der Waals surface area (Å²) in [5.41, 5.74) is -0.195. The predicted octanol–water partition coefficient (Wildman–Crippen LogP) is 5.61. The molecule has 1 spiro atoms. The molecule has 6 aliphatic rings. The van der Waals surface area contributed by atoms with Crippen LogP contribution in [0.15, 0.2) is 35.9 Å². The van der Waals surface area contributed by atoms with Crippen LogP contribution in [0.5, 0.6) is 0 Å². The third-order valence-electron chi connectivity index (χ3n) is 11.5. The van der Waals surface area contributed by atoms with Gasteiger partial charge in [-0.25, -0.2) is 4.90 Å². The van der Waals surface area contributed by atoms with Crippen LogP contribution in [0, 0.1) is 61.9 Å². The lowest BCUT2D eigenvalue weighted by Crippen LogP contribution is -2.65. The second kappa shape index (κ2) is 7.99. The molecule has 202 valence electrons. The van der Waals surface area contributed by atoms with Gasteiger partial charge in [0.2, 0.25) is 11.8 Å². The molecule has 0 radical (unpaired) electrons. The maximum Gasteiger partial charge on any atom is 0.309 e. The Morgan fingerprint density at radius 2 is 1.87 bits per heavy atom. The second-order valence-corrected chi connectivity index (χ2v) is 13.3. The van der Waals surface area contributed by atoms with E-state index in [9.17, 15) is 29.6 Å². The van der Waals surface area contributed by atoms with Gasteiger partial charge in [0, 0.05) is 17.5 Å². The van der Waals surface area contributed by atoms with Gasteiger partial charge < -0.3 is 5.11 Å². The number of fused-ring (bicyclic) bond motifs is 1. The minimum absolute atomic E-state index is 0.0191. The number of rotatable bonds is 4. The Hall–Kier alpha value is -3.03. The summed E-state index contributed by atoms with van der Waals surface area (Å²) < 4.78 is 0. The third-order valence-corrected chi connectivity index (χ3v) is 11.5. The van der Waals surface area contributed by atoms with Crippen molar-refractivity contribution >= 4 is 29.2 Å². The van der Waals surface area contributed by atoms with Gasteiger partial charge >= 0.3 is 5.97 Å². The Balaban J connectivity index is 1.48. The number of benzene rings is 1. The van der Waals surface area contributed by atoms with Crippen molar-refractivity contribution in [3.8, 4) is 0 Å². The molecule has 1 aliphatic heterocycles. The van der Waals surface area contributed by atoms with E-state index >= 15 is 0 Å². The van der Waals surface area contributed by atoms with Crippen LogP contribution >= 0.6 is 0 Å². The van der Waals surface area contributed by atoms with Gasteiger partial charge in [-0.2, -0.15) is 0 Å². The number of carboxylic acids is 1. The van der Waals surface area contributed by atoms with Crippen LogP contribution in [0.3, 0.4) is 0 Å². The maximum atomic E-state index is 14.3. The molecule has 1 aromatic rings. The van der Waals surface area contributed by atoms with E-state index in [1.807, 2.05) is 6.92 Å². The molecule has 2 amide bonds. The molecule has 5 aliphatic carbocycles. The summed E-state index contributed by atoms with van der Waals surface area (Å²) in [5.74, 6) is -1.95. The number of nitro groups is 1. The molecule has 1 saturated heterocycles. The lowest BCUT2D eigenvalue weighted by Gasteiger charge is -2.68. The van der Waals surface area contributed by atoms with Crippen molar-refractivity contribution < 1.29 is 24.4 Å². The first-order chi connectivity index (χ1) is 17.9. The SMILES string of the molecule is CC(C)C1=C[C@@]23CC[C@H]4[C@](C)(CCC[C@@]4(C)C(=O)O)[C@@H]2C[C@@H]1[C@H]1C(=O)N(c2cccc([N+](=O)[O-])c2)C(=O)[C@H]13. The number of hydrogen-bond acceptors (Lipinski definition) is 5. The zero-order valence-corrected chi connectivity index (χ0v) is 22.5. The minimum Gasteiger partial charge on any atom is -0.481 e. The highest BCUT2D eigenvalue weighted by molar-refractivity contribution is 6.23. The summed E-state index contributed by atoms with van der Waals surface area (Å²) >= 11 is 0. The van der Waals surface area contributed by atoms with Crippen LogP contribution in [0.2, 0.25) is 0 Å². The monoisotopic (exact) mass is 520 g/mol. The van der Waals surface area contributed by atoms with E-state index in [4.69, 9.17) is 0 Å². The standard InChI is InChI=1S/C30H36N2O6/c1-16(2)20-15-30-12-9-21-28(3,10-6-11-29(21,4)27(35)36)22(30)14-19(20)23-24(30)26(34)31(25(23)33)17-7-5-8-18(13-17)32(37)38/h5,7-8,13,15-16,19,21-24H,6,9-12,14H2,1-4H3,(H,35,36)/t19-,21-,22-,23+,24-,28-,29+,30-/m0/s1. The summed E-state index contributed by atoms with van der Waals surface area (Å²) in [6.45, 7) is 8.44. The van der Waals surface area contributed by atoms with Crippen molar-refractivity contribution in [1.82, 2.24) is 0 Å². The summed E-state index contributed by atoms with van der Waals surface area (Å²) in [5, 5.41) is 21.7. The predicted molar refractivity (Wildman–Crippen MR) is 140 cm³/mol. The number of carbonyl (C=O) groups excluding carboxylic acids is 2. The Kier molecular flexibility index (Phi) is 5.31. The van der Waals surface area contributed by atoms with Crippen molar-refractivity contribution in [2.75, 3.05) is 4.90 Å². The smallest absolute Gasteiger partial charge is 0.309 e. The molecule has 8 atom stereocenters. The average molecular weight is 521 g/mol. The molecule has 7 rings (SSSR count). The van der Waals surface area contributed by atoms with Crippen molar-refractivity contribution in [3.63, 3.8) is 0 Å². The molecule has 1 heterocycles. The average Bonchev–Trinajstić information content (AvgIpc) is 3.15. The number of carbonyl (C=O) groups is 3. The highest BCUT2D eigenvalue weighted by Gasteiger charge is 2.73. The Bertz CT molecular complexity index is 1300. The van der Waals surface area contributed by atoms with Crippen LogP contribution in [-0.2, 0) is 14.4 Å². The van der Waals surface area contributed by atoms with E-state index < -0.39 is 33.6 Å². The zero-order valence-electron chi connectivity index (χ0n) is 22.5. The topological polar surface area (TPSA) is 118 Å². The third kappa shape index (κ3) is 3.00. The van der Waals surface area contributed by atoms with Crippen LogP contribution < -0.4 is 4.90 Å². The lowest BCUT2D eigenvalue weighted by molar-refractivity contribution is -0.384. The van der Waals surface area contributed by atoms with Gasteiger partial charge in [-0.15, -0.1) is 0 Å². The quantitative estimate of drug-likeness (QED) is 0.239. The van der Waals surface area contributed by atoms with E-state index in [1.165, 1.54) is 28.7 Å². The molecule has 38 heavy (non-hydrogen) atoms. The minimum atomic E-state index is -0.792. The van der Waals surface area contributed by atoms with Crippen LogP contribution in [0.1, 0.15) is 66.2 Å². The van der Waals surface area contributed by atoms with Gasteiger partial charge in [0.1, 0.15) is 0 Å². The zero-order chi connectivity index (χ0) is 27.4. The molecule has 1 aromatic carbocycles. The molecule has 8 heteroatoms. The molecule has 1 N–H and O–H groups in total. The number of allylic oxidation sites excluding steroid dienone is 2. The fourth-order valence-electron chi connectivity index (χ4n) is 9.96. The Labute approximate surface area is 222 Å². The normalized spacial score (nSPS) is 41.4. The molecule has 8 nitrogen and oxygen atoms in total. The molecular weight excluding hydrogens is 484 g/mol. The van der Waals surface area contributed by atoms with Gasteiger partial charge in [-0.05, 0) is 74.2 Å². The van der Waals surface area contributed by atoms with E-state index in [0.717, 1.165) is 19.3 Å². The molecule has 0 unspecified atom stereocenters. The van der Waals surface area contributed by atoms with Crippen molar-refractivity contribution in [2.24, 2.45) is 51.8 Å².